The molecule has 3 rings (SSSR count). The smallest absolute Gasteiger partial charge is 0.255 e. The van der Waals surface area contributed by atoms with Crippen molar-refractivity contribution < 1.29 is 14.0 Å². The number of thiazole rings is 1. The molecule has 2 amide bonds. The lowest BCUT2D eigenvalue weighted by atomic mass is 10.2. The van der Waals surface area contributed by atoms with Crippen molar-refractivity contribution in [3.63, 3.8) is 0 Å². The molecule has 0 aliphatic heterocycles. The first-order chi connectivity index (χ1) is 12.0. The Bertz CT molecular complexity index is 875. The van der Waals surface area contributed by atoms with E-state index in [1.807, 2.05) is 25.1 Å². The lowest BCUT2D eigenvalue weighted by molar-refractivity contribution is -0.117. The quantitative estimate of drug-likeness (QED) is 0.733. The van der Waals surface area contributed by atoms with E-state index in [1.165, 1.54) is 29.9 Å². The Balaban J connectivity index is 1.66. The summed E-state index contributed by atoms with van der Waals surface area (Å²) in [6, 6.07) is 6.44. The standard InChI is InChI=1S/C17H16N4O3S/c1-10-14(13-5-3-4-7-18-13)25-17(20-10)21-15(22)11(2)19-16(23)12-6-8-24-9-12/h3-9,11H,1-2H3,(H,19,23)(H,20,21,22)/t11-/m1/s1. The third kappa shape index (κ3) is 3.92. The molecule has 0 spiro atoms. The SMILES string of the molecule is Cc1nc(NC(=O)[C@@H](C)NC(=O)c2ccoc2)sc1-c1ccccn1. The van der Waals surface area contributed by atoms with Crippen LogP contribution in [-0.4, -0.2) is 27.8 Å². The summed E-state index contributed by atoms with van der Waals surface area (Å²) < 4.78 is 4.86. The number of pyridine rings is 1. The predicted molar refractivity (Wildman–Crippen MR) is 94.3 cm³/mol. The molecule has 0 aromatic carbocycles. The number of nitrogens with one attached hydrogen (secondary N) is 2. The van der Waals surface area contributed by atoms with Crippen LogP contribution in [0.15, 0.2) is 47.4 Å². The Morgan fingerprint density at radius 2 is 2.12 bits per heavy atom. The molecular formula is C17H16N4O3S. The number of furan rings is 1. The fourth-order valence-electron chi connectivity index (χ4n) is 2.14. The predicted octanol–water partition coefficient (Wildman–Crippen LogP) is 2.86. The molecule has 2 N–H and O–H groups in total. The van der Waals surface area contributed by atoms with Gasteiger partial charge in [0.15, 0.2) is 5.13 Å². The van der Waals surface area contributed by atoms with E-state index in [2.05, 4.69) is 20.6 Å². The molecule has 7 nitrogen and oxygen atoms in total. The van der Waals surface area contributed by atoms with Gasteiger partial charge in [0.05, 0.1) is 28.1 Å². The minimum absolute atomic E-state index is 0.349. The lowest BCUT2D eigenvalue weighted by Gasteiger charge is -2.12. The van der Waals surface area contributed by atoms with Gasteiger partial charge in [0.25, 0.3) is 5.91 Å². The number of carbonyl (C=O) groups excluding carboxylic acids is 2. The Morgan fingerprint density at radius 1 is 1.28 bits per heavy atom. The van der Waals surface area contributed by atoms with E-state index < -0.39 is 6.04 Å². The first-order valence-electron chi connectivity index (χ1n) is 7.57. The fourth-order valence-corrected chi connectivity index (χ4v) is 3.08. The van der Waals surface area contributed by atoms with Crippen molar-refractivity contribution in [1.29, 1.82) is 0 Å². The van der Waals surface area contributed by atoms with E-state index in [0.717, 1.165) is 16.3 Å². The second-order valence-electron chi connectivity index (χ2n) is 5.34. The van der Waals surface area contributed by atoms with Crippen LogP contribution in [0, 0.1) is 6.92 Å². The summed E-state index contributed by atoms with van der Waals surface area (Å²) in [5.74, 6) is -0.723. The van der Waals surface area contributed by atoms with Crippen LogP contribution in [0.2, 0.25) is 0 Å². The lowest BCUT2D eigenvalue weighted by Crippen LogP contribution is -2.41. The number of hydrogen-bond acceptors (Lipinski definition) is 6. The molecule has 3 aromatic heterocycles. The van der Waals surface area contributed by atoms with Crippen molar-refractivity contribution in [2.75, 3.05) is 5.32 Å². The molecule has 0 saturated heterocycles. The average molecular weight is 356 g/mol. The third-order valence-electron chi connectivity index (χ3n) is 3.45. The fraction of sp³-hybridized carbons (Fsp3) is 0.176. The van der Waals surface area contributed by atoms with E-state index in [0.29, 0.717) is 10.7 Å². The molecule has 0 aliphatic rings. The van der Waals surface area contributed by atoms with Crippen molar-refractivity contribution in [1.82, 2.24) is 15.3 Å². The van der Waals surface area contributed by atoms with Crippen molar-refractivity contribution >= 4 is 28.3 Å². The van der Waals surface area contributed by atoms with Crippen molar-refractivity contribution in [2.45, 2.75) is 19.9 Å². The molecule has 0 fully saturated rings. The molecule has 25 heavy (non-hydrogen) atoms. The second-order valence-corrected chi connectivity index (χ2v) is 6.34. The number of aryl methyl sites for hydroxylation is 1. The minimum atomic E-state index is -0.718. The monoisotopic (exact) mass is 356 g/mol. The van der Waals surface area contributed by atoms with Gasteiger partial charge in [-0.15, -0.1) is 0 Å². The molecule has 8 heteroatoms. The Labute approximate surface area is 148 Å². The molecule has 0 bridgehead atoms. The van der Waals surface area contributed by atoms with Crippen LogP contribution in [0.1, 0.15) is 23.0 Å². The van der Waals surface area contributed by atoms with Gasteiger partial charge in [0.1, 0.15) is 12.3 Å². The van der Waals surface area contributed by atoms with E-state index >= 15 is 0 Å². The van der Waals surface area contributed by atoms with Crippen molar-refractivity contribution in [3.8, 4) is 10.6 Å². The van der Waals surface area contributed by atoms with Crippen LogP contribution in [0.5, 0.6) is 0 Å². The maximum Gasteiger partial charge on any atom is 0.255 e. The van der Waals surface area contributed by atoms with Gasteiger partial charge < -0.3 is 15.1 Å². The van der Waals surface area contributed by atoms with Gasteiger partial charge in [-0.1, -0.05) is 17.4 Å². The van der Waals surface area contributed by atoms with Crippen LogP contribution in [0.3, 0.4) is 0 Å². The zero-order valence-electron chi connectivity index (χ0n) is 13.6. The number of amides is 2. The molecule has 0 saturated carbocycles. The molecule has 128 valence electrons. The van der Waals surface area contributed by atoms with Gasteiger partial charge >= 0.3 is 0 Å². The van der Waals surface area contributed by atoms with E-state index in [-0.39, 0.29) is 11.8 Å². The van der Waals surface area contributed by atoms with Gasteiger partial charge in [-0.2, -0.15) is 0 Å². The van der Waals surface area contributed by atoms with E-state index in [1.54, 1.807) is 13.1 Å². The van der Waals surface area contributed by atoms with Crippen LogP contribution in [-0.2, 0) is 4.79 Å². The third-order valence-corrected chi connectivity index (χ3v) is 4.54. The topological polar surface area (TPSA) is 97.1 Å². The average Bonchev–Trinajstić information content (AvgIpc) is 3.25. The summed E-state index contributed by atoms with van der Waals surface area (Å²) in [5, 5.41) is 5.80. The highest BCUT2D eigenvalue weighted by Gasteiger charge is 2.19. The number of aromatic nitrogens is 2. The normalized spacial score (nSPS) is 11.8. The maximum absolute atomic E-state index is 12.3. The number of hydrogen-bond donors (Lipinski definition) is 2. The van der Waals surface area contributed by atoms with Crippen molar-refractivity contribution in [2.24, 2.45) is 0 Å². The number of nitrogens with zero attached hydrogens (tertiary/aromatic N) is 2. The summed E-state index contributed by atoms with van der Waals surface area (Å²) in [7, 11) is 0. The van der Waals surface area contributed by atoms with Gasteiger partial charge in [-0.05, 0) is 32.0 Å². The van der Waals surface area contributed by atoms with Crippen LogP contribution in [0.4, 0.5) is 5.13 Å². The number of anilines is 1. The first-order valence-corrected chi connectivity index (χ1v) is 8.39. The molecule has 3 heterocycles. The summed E-state index contributed by atoms with van der Waals surface area (Å²) in [4.78, 5) is 33.8. The zero-order valence-corrected chi connectivity index (χ0v) is 14.5. The molecular weight excluding hydrogens is 340 g/mol. The molecule has 0 unspecified atom stereocenters. The van der Waals surface area contributed by atoms with Crippen molar-refractivity contribution in [3.05, 3.63) is 54.2 Å². The van der Waals surface area contributed by atoms with Gasteiger partial charge in [-0.3, -0.25) is 14.6 Å². The molecule has 1 atom stereocenters. The minimum Gasteiger partial charge on any atom is -0.472 e. The Hall–Kier alpha value is -3.00. The molecule has 3 aromatic rings. The van der Waals surface area contributed by atoms with Crippen LogP contribution < -0.4 is 10.6 Å². The van der Waals surface area contributed by atoms with E-state index in [4.69, 9.17) is 4.42 Å². The van der Waals surface area contributed by atoms with Gasteiger partial charge in [0.2, 0.25) is 5.91 Å². The highest BCUT2D eigenvalue weighted by molar-refractivity contribution is 7.19. The largest absolute Gasteiger partial charge is 0.472 e. The summed E-state index contributed by atoms with van der Waals surface area (Å²) in [6.07, 6.45) is 4.43. The van der Waals surface area contributed by atoms with Crippen LogP contribution in [0.25, 0.3) is 10.6 Å². The summed E-state index contributed by atoms with van der Waals surface area (Å²) in [5.41, 5.74) is 1.95. The maximum atomic E-state index is 12.3. The second kappa shape index (κ2) is 7.27. The van der Waals surface area contributed by atoms with E-state index in [9.17, 15) is 9.59 Å². The van der Waals surface area contributed by atoms with Gasteiger partial charge in [0, 0.05) is 6.20 Å². The molecule has 0 radical (unpaired) electrons. The number of carbonyl (C=O) groups is 2. The summed E-state index contributed by atoms with van der Waals surface area (Å²) in [6.45, 7) is 3.47. The van der Waals surface area contributed by atoms with Crippen LogP contribution >= 0.6 is 11.3 Å². The zero-order chi connectivity index (χ0) is 17.8. The Kier molecular flexibility index (Phi) is 4.90. The highest BCUT2D eigenvalue weighted by atomic mass is 32.1. The van der Waals surface area contributed by atoms with Gasteiger partial charge in [-0.25, -0.2) is 4.98 Å². The molecule has 0 aliphatic carbocycles. The first kappa shape index (κ1) is 16.8. The highest BCUT2D eigenvalue weighted by Crippen LogP contribution is 2.31. The Morgan fingerprint density at radius 3 is 2.80 bits per heavy atom. The number of rotatable bonds is 5. The summed E-state index contributed by atoms with van der Waals surface area (Å²) >= 11 is 1.34.